The summed E-state index contributed by atoms with van der Waals surface area (Å²) < 4.78 is 0. The molecule has 94 valence electrons. The first-order valence-corrected chi connectivity index (χ1v) is 6.40. The van der Waals surface area contributed by atoms with Gasteiger partial charge in [-0.25, -0.2) is 0 Å². The molecule has 1 aromatic carbocycles. The van der Waals surface area contributed by atoms with Crippen molar-refractivity contribution in [3.8, 4) is 0 Å². The van der Waals surface area contributed by atoms with E-state index in [2.05, 4.69) is 67.5 Å². The molecule has 0 bridgehead atoms. The van der Waals surface area contributed by atoms with Gasteiger partial charge in [0.05, 0.1) is 0 Å². The fourth-order valence-corrected chi connectivity index (χ4v) is 2.29. The summed E-state index contributed by atoms with van der Waals surface area (Å²) in [5, 5.41) is 3.63. The predicted molar refractivity (Wildman–Crippen MR) is 75.4 cm³/mol. The lowest BCUT2D eigenvalue weighted by molar-refractivity contribution is 0.493. The Hall–Kier alpha value is -1.67. The SMILES string of the molecule is Cc1ccccc1C(C)NC(C)c1ccncc1. The molecular weight excluding hydrogens is 220 g/mol. The van der Waals surface area contributed by atoms with Gasteiger partial charge in [0, 0.05) is 24.5 Å². The molecule has 2 aromatic rings. The van der Waals surface area contributed by atoms with Crippen LogP contribution in [0.15, 0.2) is 48.8 Å². The van der Waals surface area contributed by atoms with Crippen molar-refractivity contribution in [2.75, 3.05) is 0 Å². The molecule has 2 rings (SSSR count). The van der Waals surface area contributed by atoms with Gasteiger partial charge in [0.1, 0.15) is 0 Å². The zero-order valence-corrected chi connectivity index (χ0v) is 11.2. The van der Waals surface area contributed by atoms with E-state index in [0.717, 1.165) is 0 Å². The first-order valence-electron chi connectivity index (χ1n) is 6.40. The molecule has 0 aliphatic heterocycles. The molecule has 1 N–H and O–H groups in total. The average Bonchev–Trinajstić information content (AvgIpc) is 2.40. The standard InChI is InChI=1S/C16H20N2/c1-12-6-4-5-7-16(12)14(3)18-13(2)15-8-10-17-11-9-15/h4-11,13-14,18H,1-3H3. The monoisotopic (exact) mass is 240 g/mol. The molecule has 0 aliphatic carbocycles. The molecule has 0 radical (unpaired) electrons. The molecule has 0 spiro atoms. The number of aromatic nitrogens is 1. The van der Waals surface area contributed by atoms with Crippen LogP contribution in [0.1, 0.15) is 42.6 Å². The first-order chi connectivity index (χ1) is 8.68. The fraction of sp³-hybridized carbons (Fsp3) is 0.312. The summed E-state index contributed by atoms with van der Waals surface area (Å²) in [7, 11) is 0. The minimum Gasteiger partial charge on any atom is -0.304 e. The van der Waals surface area contributed by atoms with Crippen molar-refractivity contribution in [3.05, 3.63) is 65.5 Å². The van der Waals surface area contributed by atoms with Gasteiger partial charge in [-0.1, -0.05) is 24.3 Å². The van der Waals surface area contributed by atoms with E-state index in [1.807, 2.05) is 12.4 Å². The van der Waals surface area contributed by atoms with Gasteiger partial charge < -0.3 is 5.32 Å². The number of pyridine rings is 1. The summed E-state index contributed by atoms with van der Waals surface area (Å²) in [6.45, 7) is 6.55. The number of nitrogens with one attached hydrogen (secondary N) is 1. The van der Waals surface area contributed by atoms with E-state index in [1.165, 1.54) is 16.7 Å². The van der Waals surface area contributed by atoms with Crippen LogP contribution < -0.4 is 5.32 Å². The molecule has 2 nitrogen and oxygen atoms in total. The molecule has 0 saturated heterocycles. The Morgan fingerprint density at radius 2 is 1.61 bits per heavy atom. The molecular formula is C16H20N2. The Bertz CT molecular complexity index is 493. The third kappa shape index (κ3) is 2.96. The van der Waals surface area contributed by atoms with E-state index in [9.17, 15) is 0 Å². The summed E-state index contributed by atoms with van der Waals surface area (Å²) in [5.41, 5.74) is 3.96. The highest BCUT2D eigenvalue weighted by Gasteiger charge is 2.12. The number of nitrogens with zero attached hydrogens (tertiary/aromatic N) is 1. The number of rotatable bonds is 4. The number of hydrogen-bond acceptors (Lipinski definition) is 2. The van der Waals surface area contributed by atoms with Crippen LogP contribution in [-0.4, -0.2) is 4.98 Å². The van der Waals surface area contributed by atoms with Crippen molar-refractivity contribution in [1.29, 1.82) is 0 Å². The van der Waals surface area contributed by atoms with Crippen molar-refractivity contribution in [2.45, 2.75) is 32.9 Å². The zero-order chi connectivity index (χ0) is 13.0. The average molecular weight is 240 g/mol. The molecule has 1 heterocycles. The topological polar surface area (TPSA) is 24.9 Å². The van der Waals surface area contributed by atoms with Gasteiger partial charge in [-0.15, -0.1) is 0 Å². The van der Waals surface area contributed by atoms with Gasteiger partial charge in [0.15, 0.2) is 0 Å². The van der Waals surface area contributed by atoms with Crippen LogP contribution >= 0.6 is 0 Å². The molecule has 2 unspecified atom stereocenters. The molecule has 0 fully saturated rings. The van der Waals surface area contributed by atoms with E-state index in [1.54, 1.807) is 0 Å². The van der Waals surface area contributed by atoms with Crippen molar-refractivity contribution in [1.82, 2.24) is 10.3 Å². The molecule has 0 aliphatic rings. The normalized spacial score (nSPS) is 14.2. The van der Waals surface area contributed by atoms with Crippen LogP contribution in [0, 0.1) is 6.92 Å². The molecule has 1 aromatic heterocycles. The minimum absolute atomic E-state index is 0.322. The van der Waals surface area contributed by atoms with Crippen molar-refractivity contribution in [3.63, 3.8) is 0 Å². The maximum absolute atomic E-state index is 4.05. The maximum atomic E-state index is 4.05. The van der Waals surface area contributed by atoms with Gasteiger partial charge in [0.25, 0.3) is 0 Å². The molecule has 18 heavy (non-hydrogen) atoms. The van der Waals surface area contributed by atoms with Crippen molar-refractivity contribution in [2.24, 2.45) is 0 Å². The number of benzene rings is 1. The number of hydrogen-bond donors (Lipinski definition) is 1. The molecule has 2 atom stereocenters. The van der Waals surface area contributed by atoms with E-state index < -0.39 is 0 Å². The zero-order valence-electron chi connectivity index (χ0n) is 11.2. The van der Waals surface area contributed by atoms with E-state index >= 15 is 0 Å². The lowest BCUT2D eigenvalue weighted by atomic mass is 10.0. The highest BCUT2D eigenvalue weighted by atomic mass is 14.9. The predicted octanol–water partition coefficient (Wildman–Crippen LogP) is 3.80. The lowest BCUT2D eigenvalue weighted by Gasteiger charge is -2.22. The van der Waals surface area contributed by atoms with Crippen molar-refractivity contribution >= 4 is 0 Å². The Morgan fingerprint density at radius 3 is 2.28 bits per heavy atom. The third-order valence-corrected chi connectivity index (χ3v) is 3.36. The van der Waals surface area contributed by atoms with Gasteiger partial charge in [-0.3, -0.25) is 4.98 Å². The smallest absolute Gasteiger partial charge is 0.0300 e. The van der Waals surface area contributed by atoms with Crippen LogP contribution in [0.2, 0.25) is 0 Å². The summed E-state index contributed by atoms with van der Waals surface area (Å²) in [5.74, 6) is 0. The highest BCUT2D eigenvalue weighted by molar-refractivity contribution is 5.28. The van der Waals surface area contributed by atoms with E-state index in [-0.39, 0.29) is 0 Å². The van der Waals surface area contributed by atoms with Gasteiger partial charge in [-0.05, 0) is 49.6 Å². The van der Waals surface area contributed by atoms with Crippen LogP contribution in [0.25, 0.3) is 0 Å². The number of aryl methyl sites for hydroxylation is 1. The summed E-state index contributed by atoms with van der Waals surface area (Å²) in [6, 6.07) is 13.3. The second-order valence-electron chi connectivity index (χ2n) is 4.75. The van der Waals surface area contributed by atoms with Crippen LogP contribution in [0.5, 0.6) is 0 Å². The summed E-state index contributed by atoms with van der Waals surface area (Å²) >= 11 is 0. The fourth-order valence-electron chi connectivity index (χ4n) is 2.29. The molecule has 2 heteroatoms. The Kier molecular flexibility index (Phi) is 4.11. The highest BCUT2D eigenvalue weighted by Crippen LogP contribution is 2.21. The van der Waals surface area contributed by atoms with Crippen molar-refractivity contribution < 1.29 is 0 Å². The van der Waals surface area contributed by atoms with Gasteiger partial charge in [-0.2, -0.15) is 0 Å². The van der Waals surface area contributed by atoms with Crippen LogP contribution in [0.4, 0.5) is 0 Å². The van der Waals surface area contributed by atoms with Crippen LogP contribution in [-0.2, 0) is 0 Å². The Labute approximate surface area is 109 Å². The van der Waals surface area contributed by atoms with E-state index in [4.69, 9.17) is 0 Å². The quantitative estimate of drug-likeness (QED) is 0.879. The lowest BCUT2D eigenvalue weighted by Crippen LogP contribution is -2.23. The maximum Gasteiger partial charge on any atom is 0.0300 e. The van der Waals surface area contributed by atoms with Gasteiger partial charge in [0.2, 0.25) is 0 Å². The Morgan fingerprint density at radius 1 is 0.944 bits per heavy atom. The minimum atomic E-state index is 0.322. The second-order valence-corrected chi connectivity index (χ2v) is 4.75. The molecule has 0 amide bonds. The molecule has 0 saturated carbocycles. The van der Waals surface area contributed by atoms with Gasteiger partial charge >= 0.3 is 0 Å². The first kappa shape index (κ1) is 12.8. The summed E-state index contributed by atoms with van der Waals surface area (Å²) in [6.07, 6.45) is 3.68. The summed E-state index contributed by atoms with van der Waals surface area (Å²) in [4.78, 5) is 4.05. The third-order valence-electron chi connectivity index (χ3n) is 3.36. The second kappa shape index (κ2) is 5.78. The van der Waals surface area contributed by atoms with E-state index in [0.29, 0.717) is 12.1 Å². The Balaban J connectivity index is 2.08. The largest absolute Gasteiger partial charge is 0.304 e. The van der Waals surface area contributed by atoms with Crippen LogP contribution in [0.3, 0.4) is 0 Å².